The van der Waals surface area contributed by atoms with Gasteiger partial charge < -0.3 is 40.8 Å². The summed E-state index contributed by atoms with van der Waals surface area (Å²) in [6, 6.07) is -0.919. The van der Waals surface area contributed by atoms with Gasteiger partial charge in [-0.15, -0.1) is 0 Å². The van der Waals surface area contributed by atoms with Crippen LogP contribution in [-0.2, 0) is 51.1 Å². The minimum Gasteiger partial charge on any atom is -0.790 e. The van der Waals surface area contributed by atoms with E-state index < -0.39 is 57.6 Å². The topological polar surface area (TPSA) is 244 Å². The van der Waals surface area contributed by atoms with Gasteiger partial charge in [0.15, 0.2) is 0 Å². The number of ether oxygens (including phenoxy) is 1. The first kappa shape index (κ1) is 26.4. The molecule has 0 bridgehead atoms. The largest absolute Gasteiger partial charge is 0.790 e. The van der Waals surface area contributed by atoms with Crippen molar-refractivity contribution in [3.8, 4) is 0 Å². The van der Waals surface area contributed by atoms with Gasteiger partial charge in [-0.05, 0) is 12.5 Å². The number of aromatic nitrogens is 2. The number of nitrogens with zero attached hydrogens (tertiary/aromatic N) is 4. The Labute approximate surface area is 183 Å². The molecule has 174 valence electrons. The Kier molecular flexibility index (Phi) is 8.50. The highest BCUT2D eigenvalue weighted by Gasteiger charge is 2.37. The zero-order valence-electron chi connectivity index (χ0n) is 15.2. The second-order valence-electron chi connectivity index (χ2n) is 5.92. The maximum Gasteiger partial charge on any atom is 0.330 e. The highest BCUT2D eigenvalue weighted by atomic mass is 32.9. The van der Waals surface area contributed by atoms with Gasteiger partial charge in [-0.1, -0.05) is 16.9 Å². The van der Waals surface area contributed by atoms with Crippen LogP contribution in [0.5, 0.6) is 0 Å². The zero-order valence-corrected chi connectivity index (χ0v) is 19.5. The van der Waals surface area contributed by atoms with Crippen molar-refractivity contribution in [1.82, 2.24) is 9.55 Å². The number of phosphoric acid groups is 2. The molecule has 1 aromatic heterocycles. The first-order valence-electron chi connectivity index (χ1n) is 7.85. The number of aromatic amines is 1. The Hall–Kier alpha value is -0.830. The molecule has 0 aliphatic carbocycles. The molecule has 0 radical (unpaired) electrons. The van der Waals surface area contributed by atoms with Crippen molar-refractivity contribution in [1.29, 1.82) is 0 Å². The molecule has 1 aliphatic rings. The highest BCUT2D eigenvalue weighted by molar-refractivity contribution is 8.52. The monoisotopic (exact) mass is 535 g/mol. The van der Waals surface area contributed by atoms with Crippen molar-refractivity contribution in [2.24, 2.45) is 5.11 Å². The summed E-state index contributed by atoms with van der Waals surface area (Å²) in [7, 11) is -11.7. The van der Waals surface area contributed by atoms with Crippen molar-refractivity contribution >= 4 is 45.4 Å². The molecule has 31 heavy (non-hydrogen) atoms. The SMILES string of the molecule is Cc1cn([C@H]2CC(N=[N+]=[N-])C(COP(=S)([S-])OP(=O)([O-])OP(=O)([O-])[O-])O2)c(=O)[nH]c1=O. The van der Waals surface area contributed by atoms with Gasteiger partial charge in [-0.3, -0.25) is 27.5 Å². The third-order valence-corrected chi connectivity index (χ3v) is 9.15. The molecule has 0 spiro atoms. The lowest BCUT2D eigenvalue weighted by Crippen LogP contribution is -2.33. The predicted molar refractivity (Wildman–Crippen MR) is 103 cm³/mol. The summed E-state index contributed by atoms with van der Waals surface area (Å²) in [5, 5.41) is 3.51. The summed E-state index contributed by atoms with van der Waals surface area (Å²) in [5.74, 6) is 0. The van der Waals surface area contributed by atoms with Crippen LogP contribution in [0.25, 0.3) is 10.4 Å². The predicted octanol–water partition coefficient (Wildman–Crippen LogP) is -1.07. The van der Waals surface area contributed by atoms with Crippen LogP contribution in [0.4, 0.5) is 0 Å². The van der Waals surface area contributed by atoms with Crippen molar-refractivity contribution in [2.75, 3.05) is 6.61 Å². The average molecular weight is 535 g/mol. The third-order valence-electron chi connectivity index (χ3n) is 3.66. The van der Waals surface area contributed by atoms with Crippen LogP contribution >= 0.6 is 21.3 Å². The molecule has 21 heteroatoms. The molecule has 1 saturated heterocycles. The van der Waals surface area contributed by atoms with Crippen molar-refractivity contribution in [2.45, 2.75) is 31.7 Å². The summed E-state index contributed by atoms with van der Waals surface area (Å²) in [4.78, 5) is 60.6. The van der Waals surface area contributed by atoms with E-state index in [2.05, 4.69) is 47.7 Å². The Morgan fingerprint density at radius 3 is 2.65 bits per heavy atom. The second kappa shape index (κ2) is 9.98. The Morgan fingerprint density at radius 1 is 1.42 bits per heavy atom. The van der Waals surface area contributed by atoms with Crippen LogP contribution in [0.3, 0.4) is 0 Å². The van der Waals surface area contributed by atoms with E-state index in [1.807, 2.05) is 0 Å². The third kappa shape index (κ3) is 7.91. The summed E-state index contributed by atoms with van der Waals surface area (Å²) < 4.78 is 41.0. The summed E-state index contributed by atoms with van der Waals surface area (Å²) in [6.07, 6.45) is -0.857. The first-order chi connectivity index (χ1) is 14.1. The smallest absolute Gasteiger partial charge is 0.330 e. The maximum atomic E-state index is 12.0. The van der Waals surface area contributed by atoms with Gasteiger partial charge in [0.1, 0.15) is 6.23 Å². The van der Waals surface area contributed by atoms with Crippen LogP contribution in [0.15, 0.2) is 20.9 Å². The van der Waals surface area contributed by atoms with Crippen LogP contribution < -0.4 is 25.9 Å². The number of azide groups is 1. The molecule has 1 aromatic rings. The van der Waals surface area contributed by atoms with Crippen molar-refractivity contribution in [3.05, 3.63) is 43.0 Å². The van der Waals surface area contributed by atoms with E-state index in [1.54, 1.807) is 0 Å². The van der Waals surface area contributed by atoms with Gasteiger partial charge in [-0.25, -0.2) is 4.79 Å². The number of hydrogen-bond donors (Lipinski definition) is 1. The molecule has 2 heterocycles. The van der Waals surface area contributed by atoms with E-state index in [1.165, 1.54) is 13.1 Å². The number of nitrogens with one attached hydrogen (secondary N) is 1. The van der Waals surface area contributed by atoms with E-state index in [9.17, 15) is 33.4 Å². The van der Waals surface area contributed by atoms with E-state index in [0.717, 1.165) is 4.57 Å². The number of rotatable bonds is 9. The lowest BCUT2D eigenvalue weighted by atomic mass is 10.1. The Morgan fingerprint density at radius 2 is 2.06 bits per heavy atom. The molecule has 0 amide bonds. The molecule has 4 unspecified atom stereocenters. The van der Waals surface area contributed by atoms with E-state index in [4.69, 9.17) is 14.8 Å². The molecule has 2 rings (SSSR count). The normalized spacial score (nSPS) is 25.4. The quantitative estimate of drug-likeness (QED) is 0.130. The average Bonchev–Trinajstić information content (AvgIpc) is 2.96. The Balaban J connectivity index is 2.14. The van der Waals surface area contributed by atoms with E-state index in [-0.39, 0.29) is 12.0 Å². The summed E-state index contributed by atoms with van der Waals surface area (Å²) >= 11 is 9.35. The molecular weight excluding hydrogens is 523 g/mol. The van der Waals surface area contributed by atoms with Gasteiger partial charge in [0, 0.05) is 23.1 Å². The number of aryl methyl sites for hydroxylation is 1. The lowest BCUT2D eigenvalue weighted by molar-refractivity contribution is -0.339. The van der Waals surface area contributed by atoms with Gasteiger partial charge in [0.2, 0.25) is 0 Å². The van der Waals surface area contributed by atoms with Crippen molar-refractivity contribution < 1.29 is 41.7 Å². The lowest BCUT2D eigenvalue weighted by Gasteiger charge is -2.40. The van der Waals surface area contributed by atoms with Gasteiger partial charge >= 0.3 is 5.69 Å². The highest BCUT2D eigenvalue weighted by Crippen LogP contribution is 2.63. The molecule has 1 fully saturated rings. The zero-order chi connectivity index (χ0) is 23.6. The minimum absolute atomic E-state index is 0.0245. The molecule has 16 nitrogen and oxygen atoms in total. The maximum absolute atomic E-state index is 12.0. The molecule has 0 saturated carbocycles. The fraction of sp³-hybridized carbons (Fsp3) is 0.600. The van der Waals surface area contributed by atoms with Crippen LogP contribution in [-0.4, -0.2) is 28.3 Å². The van der Waals surface area contributed by atoms with Gasteiger partial charge in [-0.2, -0.15) is 0 Å². The van der Waals surface area contributed by atoms with Crippen molar-refractivity contribution in [3.63, 3.8) is 0 Å². The van der Waals surface area contributed by atoms with E-state index in [0.29, 0.717) is 0 Å². The van der Waals surface area contributed by atoms with Crippen LogP contribution in [0.2, 0.25) is 0 Å². The number of H-pyrrole nitrogens is 1. The minimum atomic E-state index is -5.95. The van der Waals surface area contributed by atoms with Crippen LogP contribution in [0, 0.1) is 6.92 Å². The second-order valence-corrected chi connectivity index (χ2v) is 13.7. The number of hydrogen-bond acceptors (Lipinski definition) is 14. The fourth-order valence-electron chi connectivity index (χ4n) is 2.47. The molecule has 1 aliphatic heterocycles. The summed E-state index contributed by atoms with van der Waals surface area (Å²) in [5.41, 5.74) is 3.42. The first-order valence-corrected chi connectivity index (χ1v) is 14.4. The van der Waals surface area contributed by atoms with Crippen LogP contribution in [0.1, 0.15) is 18.2 Å². The Bertz CT molecular complexity index is 1140. The fourth-order valence-corrected chi connectivity index (χ4v) is 7.17. The van der Waals surface area contributed by atoms with Gasteiger partial charge in [0.05, 0.1) is 32.3 Å². The molecule has 0 aromatic carbocycles. The molecule has 5 atom stereocenters. The van der Waals surface area contributed by atoms with Gasteiger partial charge in [0.25, 0.3) is 13.4 Å². The standard InChI is InChI=1S/C10H16N5O11P3S2/c1-5-3-15(10(17)12-9(5)16)8-2-6(13-14-11)7(24-8)4-23-29(30,31)26-28(21,22)25-27(18,19)20/h3,6-8H,2,4H2,1H3,(H,21,22)(H,30,31)(H,12,16,17)(H2,18,19,20)/p-4/t6?,7?,8-/m1/s1. The molecular formula is C10H12N5O11P3S2-4. The molecule has 1 N–H and O–H groups in total. The van der Waals surface area contributed by atoms with E-state index >= 15 is 0 Å². The summed E-state index contributed by atoms with van der Waals surface area (Å²) in [6.45, 7) is 0.871.